The van der Waals surface area contributed by atoms with Crippen LogP contribution < -0.4 is 4.74 Å². The van der Waals surface area contributed by atoms with Gasteiger partial charge in [-0.1, -0.05) is 43.3 Å². The van der Waals surface area contributed by atoms with Gasteiger partial charge in [-0.05, 0) is 43.3 Å². The van der Waals surface area contributed by atoms with E-state index in [2.05, 4.69) is 30.0 Å². The van der Waals surface area contributed by atoms with Crippen LogP contribution in [-0.2, 0) is 0 Å². The number of β-amino-alcohol motifs (C(OH)–C–C–N with tert-alkyl or cyclic N) is 1. The molecular weight excluding hydrogens is 274 g/mol. The molecule has 0 radical (unpaired) electrons. The number of aliphatic hydroxyl groups is 1. The molecule has 1 fully saturated rings. The summed E-state index contributed by atoms with van der Waals surface area (Å²) in [5.41, 5.74) is 0. The average Bonchev–Trinajstić information content (AvgIpc) is 2.55. The summed E-state index contributed by atoms with van der Waals surface area (Å²) in [5, 5.41) is 12.5. The van der Waals surface area contributed by atoms with Crippen molar-refractivity contribution in [1.82, 2.24) is 4.90 Å². The zero-order valence-corrected chi connectivity index (χ0v) is 13.2. The van der Waals surface area contributed by atoms with E-state index in [0.29, 0.717) is 13.2 Å². The van der Waals surface area contributed by atoms with E-state index in [4.69, 9.17) is 4.74 Å². The van der Waals surface area contributed by atoms with E-state index >= 15 is 0 Å². The Labute approximate surface area is 132 Å². The van der Waals surface area contributed by atoms with Crippen molar-refractivity contribution in [3.05, 3.63) is 42.5 Å². The number of ether oxygens (including phenoxy) is 1. The third kappa shape index (κ3) is 3.79. The fourth-order valence-electron chi connectivity index (χ4n) is 3.10. The minimum atomic E-state index is -0.438. The molecule has 0 amide bonds. The summed E-state index contributed by atoms with van der Waals surface area (Å²) in [6.45, 7) is 5.54. The average molecular weight is 299 g/mol. The van der Waals surface area contributed by atoms with E-state index in [9.17, 15) is 5.11 Å². The summed E-state index contributed by atoms with van der Waals surface area (Å²) >= 11 is 0. The van der Waals surface area contributed by atoms with E-state index in [1.807, 2.05) is 24.3 Å². The van der Waals surface area contributed by atoms with Crippen molar-refractivity contribution in [2.75, 3.05) is 26.2 Å². The van der Waals surface area contributed by atoms with Crippen LogP contribution in [0.3, 0.4) is 0 Å². The number of hydrogen-bond donors (Lipinski definition) is 1. The molecule has 22 heavy (non-hydrogen) atoms. The molecule has 1 N–H and O–H groups in total. The maximum atomic E-state index is 10.2. The largest absolute Gasteiger partial charge is 0.490 e. The van der Waals surface area contributed by atoms with Crippen molar-refractivity contribution in [2.24, 2.45) is 5.92 Å². The molecule has 0 unspecified atom stereocenters. The summed E-state index contributed by atoms with van der Waals surface area (Å²) in [6, 6.07) is 14.2. The number of benzene rings is 2. The van der Waals surface area contributed by atoms with Crippen molar-refractivity contribution in [3.8, 4) is 5.75 Å². The zero-order valence-electron chi connectivity index (χ0n) is 13.2. The van der Waals surface area contributed by atoms with Gasteiger partial charge < -0.3 is 14.7 Å². The van der Waals surface area contributed by atoms with Crippen LogP contribution in [0.5, 0.6) is 5.75 Å². The molecule has 3 heteroatoms. The lowest BCUT2D eigenvalue weighted by molar-refractivity contribution is 0.0567. The summed E-state index contributed by atoms with van der Waals surface area (Å²) in [5.74, 6) is 1.67. The molecule has 0 aliphatic carbocycles. The minimum Gasteiger partial charge on any atom is -0.490 e. The Kier molecular flexibility index (Phi) is 4.96. The third-order valence-corrected chi connectivity index (χ3v) is 4.53. The molecule has 0 aromatic heterocycles. The monoisotopic (exact) mass is 299 g/mol. The fourth-order valence-corrected chi connectivity index (χ4v) is 3.10. The van der Waals surface area contributed by atoms with Gasteiger partial charge in [0.25, 0.3) is 0 Å². The Hall–Kier alpha value is -1.58. The molecule has 3 nitrogen and oxygen atoms in total. The lowest BCUT2D eigenvalue weighted by Crippen LogP contribution is -2.40. The standard InChI is InChI=1S/C19H25NO2/c1-15-9-11-20(12-10-15)13-17(21)14-22-19-8-4-6-16-5-2-3-7-18(16)19/h2-8,15,17,21H,9-14H2,1H3/t17-/m1/s1. The van der Waals surface area contributed by atoms with Gasteiger partial charge in [0.05, 0.1) is 0 Å². The van der Waals surface area contributed by atoms with Crippen LogP contribution in [0.2, 0.25) is 0 Å². The highest BCUT2D eigenvalue weighted by molar-refractivity contribution is 5.88. The van der Waals surface area contributed by atoms with Crippen molar-refractivity contribution in [1.29, 1.82) is 0 Å². The van der Waals surface area contributed by atoms with E-state index in [0.717, 1.165) is 30.1 Å². The second-order valence-electron chi connectivity index (χ2n) is 6.43. The maximum absolute atomic E-state index is 10.2. The molecule has 3 rings (SSSR count). The first kappa shape index (κ1) is 15.3. The normalized spacial score (nSPS) is 18.5. The predicted octanol–water partition coefficient (Wildman–Crippen LogP) is 3.31. The van der Waals surface area contributed by atoms with Gasteiger partial charge in [0, 0.05) is 11.9 Å². The number of rotatable bonds is 5. The molecule has 1 atom stereocenters. The van der Waals surface area contributed by atoms with Crippen LogP contribution in [0, 0.1) is 5.92 Å². The number of aliphatic hydroxyl groups excluding tert-OH is 1. The molecule has 0 saturated carbocycles. The number of hydrogen-bond acceptors (Lipinski definition) is 3. The SMILES string of the molecule is CC1CCN(C[C@@H](O)COc2cccc3ccccc23)CC1. The summed E-state index contributed by atoms with van der Waals surface area (Å²) < 4.78 is 5.87. The van der Waals surface area contributed by atoms with Gasteiger partial charge in [0.2, 0.25) is 0 Å². The molecule has 1 heterocycles. The first-order chi connectivity index (χ1) is 10.7. The molecule has 1 aliphatic rings. The zero-order chi connectivity index (χ0) is 15.4. The van der Waals surface area contributed by atoms with Gasteiger partial charge in [-0.3, -0.25) is 0 Å². The Morgan fingerprint density at radius 2 is 1.86 bits per heavy atom. The summed E-state index contributed by atoms with van der Waals surface area (Å²) in [6.07, 6.45) is 2.03. The second kappa shape index (κ2) is 7.12. The van der Waals surface area contributed by atoms with Crippen LogP contribution in [0.25, 0.3) is 10.8 Å². The lowest BCUT2D eigenvalue weighted by Gasteiger charge is -2.31. The van der Waals surface area contributed by atoms with Crippen molar-refractivity contribution >= 4 is 10.8 Å². The molecular formula is C19H25NO2. The first-order valence-electron chi connectivity index (χ1n) is 8.23. The van der Waals surface area contributed by atoms with Gasteiger partial charge in [-0.25, -0.2) is 0 Å². The number of nitrogens with zero attached hydrogens (tertiary/aromatic N) is 1. The summed E-state index contributed by atoms with van der Waals surface area (Å²) in [7, 11) is 0. The van der Waals surface area contributed by atoms with E-state index in [1.54, 1.807) is 0 Å². The van der Waals surface area contributed by atoms with Gasteiger partial charge in [-0.15, -0.1) is 0 Å². The van der Waals surface area contributed by atoms with Crippen molar-refractivity contribution in [2.45, 2.75) is 25.9 Å². The first-order valence-corrected chi connectivity index (χ1v) is 8.23. The molecule has 0 spiro atoms. The van der Waals surface area contributed by atoms with Crippen LogP contribution >= 0.6 is 0 Å². The van der Waals surface area contributed by atoms with E-state index < -0.39 is 6.10 Å². The highest BCUT2D eigenvalue weighted by Gasteiger charge is 2.18. The van der Waals surface area contributed by atoms with Gasteiger partial charge in [0.1, 0.15) is 18.5 Å². The number of likely N-dealkylation sites (tertiary alicyclic amines) is 1. The van der Waals surface area contributed by atoms with Crippen LogP contribution in [-0.4, -0.2) is 42.4 Å². The lowest BCUT2D eigenvalue weighted by atomic mass is 9.99. The smallest absolute Gasteiger partial charge is 0.127 e. The van der Waals surface area contributed by atoms with Crippen molar-refractivity contribution in [3.63, 3.8) is 0 Å². The third-order valence-electron chi connectivity index (χ3n) is 4.53. The molecule has 118 valence electrons. The molecule has 0 bridgehead atoms. The topological polar surface area (TPSA) is 32.7 Å². The minimum absolute atomic E-state index is 0.347. The Balaban J connectivity index is 1.55. The van der Waals surface area contributed by atoms with Crippen molar-refractivity contribution < 1.29 is 9.84 Å². The van der Waals surface area contributed by atoms with Gasteiger partial charge in [-0.2, -0.15) is 0 Å². The molecule has 1 aliphatic heterocycles. The number of fused-ring (bicyclic) bond motifs is 1. The molecule has 2 aromatic carbocycles. The Morgan fingerprint density at radius 3 is 2.68 bits per heavy atom. The molecule has 1 saturated heterocycles. The fraction of sp³-hybridized carbons (Fsp3) is 0.474. The van der Waals surface area contributed by atoms with Crippen LogP contribution in [0.15, 0.2) is 42.5 Å². The van der Waals surface area contributed by atoms with Crippen LogP contribution in [0.1, 0.15) is 19.8 Å². The van der Waals surface area contributed by atoms with E-state index in [1.165, 1.54) is 18.2 Å². The van der Waals surface area contributed by atoms with E-state index in [-0.39, 0.29) is 0 Å². The highest BCUT2D eigenvalue weighted by atomic mass is 16.5. The quantitative estimate of drug-likeness (QED) is 0.919. The molecule has 2 aromatic rings. The Morgan fingerprint density at radius 1 is 1.14 bits per heavy atom. The maximum Gasteiger partial charge on any atom is 0.127 e. The van der Waals surface area contributed by atoms with Gasteiger partial charge >= 0.3 is 0 Å². The predicted molar refractivity (Wildman–Crippen MR) is 90.3 cm³/mol. The van der Waals surface area contributed by atoms with Gasteiger partial charge in [0.15, 0.2) is 0 Å². The van der Waals surface area contributed by atoms with Crippen LogP contribution in [0.4, 0.5) is 0 Å². The highest BCUT2D eigenvalue weighted by Crippen LogP contribution is 2.25. The number of piperidine rings is 1. The Bertz CT molecular complexity index is 600. The summed E-state index contributed by atoms with van der Waals surface area (Å²) in [4.78, 5) is 2.34. The second-order valence-corrected chi connectivity index (χ2v) is 6.43.